The molecule has 0 heterocycles. The maximum absolute atomic E-state index is 2.47. The molecular weight excluding hydrogens is 350 g/mol. The monoisotopic (exact) mass is 390 g/mol. The van der Waals surface area contributed by atoms with Crippen LogP contribution in [0.15, 0.2) is 60.7 Å². The van der Waals surface area contributed by atoms with Crippen LogP contribution in [0.5, 0.6) is 0 Å². The zero-order valence-corrected chi connectivity index (χ0v) is 21.0. The first-order chi connectivity index (χ1) is 13.9. The second kappa shape index (κ2) is 11.0. The fourth-order valence-electron chi connectivity index (χ4n) is 4.74. The summed E-state index contributed by atoms with van der Waals surface area (Å²) in [5.41, 5.74) is 3.65. The van der Waals surface area contributed by atoms with E-state index in [0.717, 1.165) is 0 Å². The van der Waals surface area contributed by atoms with E-state index >= 15 is 0 Å². The molecule has 0 aromatic heterocycles. The third-order valence-corrected chi connectivity index (χ3v) is 7.43. The second-order valence-corrected chi connectivity index (χ2v) is 12.1. The zero-order chi connectivity index (χ0) is 22.4. The number of benzene rings is 2. The predicted octanol–water partition coefficient (Wildman–Crippen LogP) is 8.05. The molecule has 0 N–H and O–H groups in total. The quantitative estimate of drug-likeness (QED) is 0.300. The van der Waals surface area contributed by atoms with E-state index in [2.05, 4.69) is 138 Å². The van der Waals surface area contributed by atoms with Gasteiger partial charge in [0, 0.05) is 0 Å². The van der Waals surface area contributed by atoms with Crippen LogP contribution in [0.2, 0.25) is 2.76 Å². The normalized spacial score (nSPS) is 15.1. The molecule has 30 heavy (non-hydrogen) atoms. The van der Waals surface area contributed by atoms with Crippen molar-refractivity contribution in [3.05, 3.63) is 71.8 Å². The molecule has 2 aromatic rings. The van der Waals surface area contributed by atoms with Crippen molar-refractivity contribution in [3.63, 3.8) is 0 Å². The van der Waals surface area contributed by atoms with Crippen molar-refractivity contribution < 1.29 is 0 Å². The van der Waals surface area contributed by atoms with Gasteiger partial charge in [0.2, 0.25) is 0 Å². The predicted molar refractivity (Wildman–Crippen MR) is 135 cm³/mol. The average Bonchev–Trinajstić information content (AvgIpc) is 2.66. The molecule has 2 rings (SSSR count). The van der Waals surface area contributed by atoms with E-state index in [1.165, 1.54) is 43.2 Å². The summed E-state index contributed by atoms with van der Waals surface area (Å²) >= 11 is 4.94. The summed E-state index contributed by atoms with van der Waals surface area (Å²) in [6, 6.07) is 22.4. The number of unbranched alkanes of at least 4 members (excludes halogenated alkanes) is 1. The Bertz CT molecular complexity index is 736. The zero-order valence-electron chi connectivity index (χ0n) is 21.0. The van der Waals surface area contributed by atoms with Crippen molar-refractivity contribution >= 4 is 35.4 Å². The van der Waals surface area contributed by atoms with Gasteiger partial charge in [0.05, 0.1) is 0 Å². The molecule has 0 saturated heterocycles. The van der Waals surface area contributed by atoms with Crippen LogP contribution in [0.4, 0.5) is 0 Å². The molecule has 0 bridgehead atoms. The summed E-state index contributed by atoms with van der Waals surface area (Å²) < 4.78 is 0.249. The molecule has 0 nitrogen and oxygen atoms in total. The molecule has 2 atom stereocenters. The fourth-order valence-corrected chi connectivity index (χ4v) is 4.74. The first-order valence-electron chi connectivity index (χ1n) is 12.0. The number of hydrogen-bond donors (Lipinski definition) is 0. The standard InChI is InChI=1S/C28H40.2Li/c1-27(2,3)21-25(23-15-9-7-10-16-23)19-13-14-20-26(22-28(4,5)6)24-17-11-8-12-18-24;;/h7-12,15-18,25-26H,13-14,19-21H2,1-6H3;;. The summed E-state index contributed by atoms with van der Waals surface area (Å²) in [5, 5.41) is 0. The van der Waals surface area contributed by atoms with Gasteiger partial charge in [-0.3, -0.25) is 0 Å². The van der Waals surface area contributed by atoms with E-state index in [0.29, 0.717) is 17.3 Å². The Balaban J connectivity index is 2.08. The first-order valence-corrected chi connectivity index (χ1v) is 12.0. The summed E-state index contributed by atoms with van der Waals surface area (Å²) in [5.74, 6) is 1.26. The Morgan fingerprint density at radius 1 is 0.667 bits per heavy atom. The van der Waals surface area contributed by atoms with E-state index in [1.807, 2.05) is 0 Å². The summed E-state index contributed by atoms with van der Waals surface area (Å²) in [6.45, 7) is 14.3. The Kier molecular flexibility index (Phi) is 9.47. The fraction of sp³-hybridized carbons (Fsp3) is 0.571. The maximum atomic E-state index is 2.47. The van der Waals surface area contributed by atoms with Crippen LogP contribution in [-0.4, -0.2) is 35.4 Å². The van der Waals surface area contributed by atoms with Gasteiger partial charge in [0.1, 0.15) is 0 Å². The Morgan fingerprint density at radius 3 is 1.60 bits per heavy atom. The van der Waals surface area contributed by atoms with Crippen molar-refractivity contribution in [2.75, 3.05) is 0 Å². The number of rotatable bonds is 9. The van der Waals surface area contributed by atoms with Crippen molar-refractivity contribution in [1.29, 1.82) is 0 Å². The van der Waals surface area contributed by atoms with Gasteiger partial charge in [-0.25, -0.2) is 0 Å². The van der Waals surface area contributed by atoms with Crippen molar-refractivity contribution in [3.8, 4) is 0 Å². The van der Waals surface area contributed by atoms with E-state index < -0.39 is 0 Å². The molecule has 2 unspecified atom stereocenters. The molecule has 0 amide bonds. The van der Waals surface area contributed by atoms with Crippen LogP contribution >= 0.6 is 0 Å². The topological polar surface area (TPSA) is 0 Å². The van der Waals surface area contributed by atoms with Crippen molar-refractivity contribution in [1.82, 2.24) is 0 Å². The molecule has 0 aliphatic carbocycles. The Labute approximate surface area is 205 Å². The van der Waals surface area contributed by atoms with Crippen LogP contribution in [0.3, 0.4) is 0 Å². The van der Waals surface area contributed by atoms with Crippen LogP contribution in [0, 0.1) is 10.8 Å². The third kappa shape index (κ3) is 7.65. The van der Waals surface area contributed by atoms with E-state index in [1.54, 1.807) is 0 Å². The molecule has 0 aliphatic heterocycles. The molecule has 2 heteroatoms. The number of hydrogen-bond acceptors (Lipinski definition) is 0. The average molecular weight is 391 g/mol. The Hall–Kier alpha value is -0.365. The Morgan fingerprint density at radius 2 is 1.13 bits per heavy atom. The summed E-state index contributed by atoms with van der Waals surface area (Å²) in [6.07, 6.45) is 6.42. The van der Waals surface area contributed by atoms with Crippen LogP contribution in [0.25, 0.3) is 0 Å². The minimum atomic E-state index is 0.249. The van der Waals surface area contributed by atoms with Gasteiger partial charge in [0.25, 0.3) is 0 Å². The van der Waals surface area contributed by atoms with Gasteiger partial charge in [-0.05, 0) is 0 Å². The molecule has 0 saturated carbocycles. The molecular formula is C28H40Li2. The summed E-state index contributed by atoms with van der Waals surface area (Å²) in [7, 11) is 0. The van der Waals surface area contributed by atoms with Crippen LogP contribution in [0.1, 0.15) is 96.6 Å². The van der Waals surface area contributed by atoms with Gasteiger partial charge in [-0.1, -0.05) is 0 Å². The molecule has 0 aliphatic rings. The summed E-state index contributed by atoms with van der Waals surface area (Å²) in [4.78, 5) is 0. The van der Waals surface area contributed by atoms with Gasteiger partial charge in [-0.15, -0.1) is 0 Å². The van der Waals surface area contributed by atoms with Crippen molar-refractivity contribution in [2.45, 2.75) is 88.2 Å². The second-order valence-electron chi connectivity index (χ2n) is 12.1. The third-order valence-electron chi connectivity index (χ3n) is 7.43. The van der Waals surface area contributed by atoms with Gasteiger partial charge < -0.3 is 0 Å². The van der Waals surface area contributed by atoms with Gasteiger partial charge >= 0.3 is 206 Å². The van der Waals surface area contributed by atoms with E-state index in [9.17, 15) is 0 Å². The molecule has 0 radical (unpaired) electrons. The van der Waals surface area contributed by atoms with Crippen molar-refractivity contribution in [2.24, 2.45) is 10.8 Å². The van der Waals surface area contributed by atoms with Crippen LogP contribution < -0.4 is 0 Å². The molecule has 2 aromatic carbocycles. The molecule has 154 valence electrons. The molecule has 0 fully saturated rings. The minimum absolute atomic E-state index is 0.249. The van der Waals surface area contributed by atoms with Gasteiger partial charge in [-0.2, -0.15) is 0 Å². The molecule has 0 spiro atoms. The van der Waals surface area contributed by atoms with E-state index in [4.69, 9.17) is 0 Å². The van der Waals surface area contributed by atoms with Gasteiger partial charge in [0.15, 0.2) is 0 Å². The van der Waals surface area contributed by atoms with E-state index in [-0.39, 0.29) is 8.18 Å². The first kappa shape index (κ1) is 25.9. The SMILES string of the molecule is [Li][C]([Li])(C(CCCCC(CC(C)(C)C)c1ccccc1)c1ccccc1)C(C)(C)C. The van der Waals surface area contributed by atoms with Crippen LogP contribution in [-0.2, 0) is 0 Å².